The van der Waals surface area contributed by atoms with Crippen LogP contribution in [0, 0.1) is 28.1 Å². The molecule has 0 N–H and O–H groups in total. The van der Waals surface area contributed by atoms with Gasteiger partial charge in [0.2, 0.25) is 0 Å². The summed E-state index contributed by atoms with van der Waals surface area (Å²) in [4.78, 5) is 0. The lowest BCUT2D eigenvalue weighted by molar-refractivity contribution is 0.257. The molecule has 0 atom stereocenters. The van der Waals surface area contributed by atoms with Crippen LogP contribution in [0.1, 0.15) is 51.4 Å². The average molecular weight is 176 g/mol. The van der Waals surface area contributed by atoms with Gasteiger partial charge in [0, 0.05) is 12.8 Å². The van der Waals surface area contributed by atoms with Gasteiger partial charge in [-0.3, -0.25) is 0 Å². The molecule has 0 aliphatic heterocycles. The van der Waals surface area contributed by atoms with Crippen molar-refractivity contribution >= 4 is 0 Å². The molecule has 0 bridgehead atoms. The molecule has 1 saturated carbocycles. The van der Waals surface area contributed by atoms with Crippen molar-refractivity contribution in [3.8, 4) is 12.1 Å². The van der Waals surface area contributed by atoms with Gasteiger partial charge in [-0.15, -0.1) is 0 Å². The van der Waals surface area contributed by atoms with Gasteiger partial charge < -0.3 is 0 Å². The van der Waals surface area contributed by atoms with Crippen LogP contribution in [0.4, 0.5) is 0 Å². The molecule has 1 rings (SSSR count). The van der Waals surface area contributed by atoms with Crippen LogP contribution in [0.25, 0.3) is 0 Å². The topological polar surface area (TPSA) is 47.6 Å². The maximum Gasteiger partial charge on any atom is 0.0627 e. The zero-order chi connectivity index (χ0) is 9.57. The van der Waals surface area contributed by atoms with Gasteiger partial charge in [-0.05, 0) is 18.3 Å². The monoisotopic (exact) mass is 176 g/mol. The van der Waals surface area contributed by atoms with E-state index in [1.807, 2.05) is 0 Å². The van der Waals surface area contributed by atoms with E-state index in [-0.39, 0.29) is 5.41 Å². The Labute approximate surface area is 80.2 Å². The maximum absolute atomic E-state index is 8.74. The number of nitrogens with zero attached hydrogens (tertiary/aromatic N) is 2. The van der Waals surface area contributed by atoms with Gasteiger partial charge in [-0.1, -0.05) is 25.7 Å². The second kappa shape index (κ2) is 4.87. The summed E-state index contributed by atoms with van der Waals surface area (Å²) in [5.74, 6) is 0. The Bertz CT molecular complexity index is 205. The molecule has 0 spiro atoms. The van der Waals surface area contributed by atoms with E-state index in [4.69, 9.17) is 10.5 Å². The van der Waals surface area contributed by atoms with Crippen LogP contribution in [-0.2, 0) is 0 Å². The van der Waals surface area contributed by atoms with Crippen LogP contribution < -0.4 is 0 Å². The average Bonchev–Trinajstić information content (AvgIpc) is 2.32. The Hall–Kier alpha value is -1.02. The predicted molar refractivity (Wildman–Crippen MR) is 50.6 cm³/mol. The summed E-state index contributed by atoms with van der Waals surface area (Å²) < 4.78 is 0. The van der Waals surface area contributed by atoms with Crippen LogP contribution in [0.5, 0.6) is 0 Å². The molecule has 13 heavy (non-hydrogen) atoms. The Morgan fingerprint density at radius 1 is 0.846 bits per heavy atom. The van der Waals surface area contributed by atoms with Crippen molar-refractivity contribution in [1.29, 1.82) is 10.5 Å². The standard InChI is InChI=1S/C11H16N2/c12-9-7-11(8-10-13)5-3-1-2-4-6-11/h1-8H2. The molecular formula is C11H16N2. The quantitative estimate of drug-likeness (QED) is 0.607. The van der Waals surface area contributed by atoms with Gasteiger partial charge >= 0.3 is 0 Å². The predicted octanol–water partition coefficient (Wildman–Crippen LogP) is 3.15. The SMILES string of the molecule is N#CCC1(CC#N)CCCCCC1. The van der Waals surface area contributed by atoms with E-state index in [2.05, 4.69) is 12.1 Å². The molecule has 70 valence electrons. The highest BCUT2D eigenvalue weighted by Crippen LogP contribution is 2.40. The molecule has 1 aliphatic carbocycles. The van der Waals surface area contributed by atoms with E-state index in [0.717, 1.165) is 12.8 Å². The van der Waals surface area contributed by atoms with Gasteiger partial charge in [-0.2, -0.15) is 10.5 Å². The van der Waals surface area contributed by atoms with Crippen molar-refractivity contribution < 1.29 is 0 Å². The fourth-order valence-corrected chi connectivity index (χ4v) is 2.23. The van der Waals surface area contributed by atoms with Gasteiger partial charge in [0.25, 0.3) is 0 Å². The zero-order valence-electron chi connectivity index (χ0n) is 8.05. The molecule has 2 heteroatoms. The summed E-state index contributed by atoms with van der Waals surface area (Å²) in [5.41, 5.74) is 0.0417. The first kappa shape index (κ1) is 10.1. The first-order chi connectivity index (χ1) is 6.33. The van der Waals surface area contributed by atoms with Crippen molar-refractivity contribution in [2.45, 2.75) is 51.4 Å². The van der Waals surface area contributed by atoms with Crippen LogP contribution in [0.3, 0.4) is 0 Å². The minimum absolute atomic E-state index is 0.0417. The molecule has 0 amide bonds. The van der Waals surface area contributed by atoms with Gasteiger partial charge in [0.1, 0.15) is 0 Å². The number of nitriles is 2. The third kappa shape index (κ3) is 2.74. The molecule has 0 aromatic heterocycles. The highest BCUT2D eigenvalue weighted by molar-refractivity contribution is 4.95. The lowest BCUT2D eigenvalue weighted by Gasteiger charge is -2.27. The van der Waals surface area contributed by atoms with Crippen LogP contribution in [0.15, 0.2) is 0 Å². The van der Waals surface area contributed by atoms with E-state index in [1.165, 1.54) is 25.7 Å². The zero-order valence-corrected chi connectivity index (χ0v) is 8.05. The molecule has 0 aromatic carbocycles. The second-order valence-corrected chi connectivity index (χ2v) is 4.08. The van der Waals surface area contributed by atoms with Gasteiger partial charge in [0.15, 0.2) is 0 Å². The maximum atomic E-state index is 8.74. The Kier molecular flexibility index (Phi) is 3.77. The fourth-order valence-electron chi connectivity index (χ4n) is 2.23. The van der Waals surface area contributed by atoms with Gasteiger partial charge in [-0.25, -0.2) is 0 Å². The molecular weight excluding hydrogens is 160 g/mol. The highest BCUT2D eigenvalue weighted by Gasteiger charge is 2.30. The smallest absolute Gasteiger partial charge is 0.0627 e. The minimum atomic E-state index is 0.0417. The molecule has 0 radical (unpaired) electrons. The third-order valence-corrected chi connectivity index (χ3v) is 3.07. The van der Waals surface area contributed by atoms with E-state index in [0.29, 0.717) is 12.8 Å². The lowest BCUT2D eigenvalue weighted by atomic mass is 9.75. The van der Waals surface area contributed by atoms with Gasteiger partial charge in [0.05, 0.1) is 12.1 Å². The number of hydrogen-bond acceptors (Lipinski definition) is 2. The Morgan fingerprint density at radius 2 is 1.31 bits per heavy atom. The summed E-state index contributed by atoms with van der Waals surface area (Å²) in [5, 5.41) is 17.5. The minimum Gasteiger partial charge on any atom is -0.198 e. The first-order valence-corrected chi connectivity index (χ1v) is 5.07. The molecule has 1 aliphatic rings. The van der Waals surface area contributed by atoms with Crippen molar-refractivity contribution in [1.82, 2.24) is 0 Å². The molecule has 1 fully saturated rings. The number of hydrogen-bond donors (Lipinski definition) is 0. The Morgan fingerprint density at radius 3 is 1.69 bits per heavy atom. The van der Waals surface area contributed by atoms with Crippen LogP contribution in [0.2, 0.25) is 0 Å². The second-order valence-electron chi connectivity index (χ2n) is 4.08. The molecule has 0 unspecified atom stereocenters. The summed E-state index contributed by atoms with van der Waals surface area (Å²) >= 11 is 0. The molecule has 0 heterocycles. The summed E-state index contributed by atoms with van der Waals surface area (Å²) in [6.07, 6.45) is 8.24. The first-order valence-electron chi connectivity index (χ1n) is 5.07. The third-order valence-electron chi connectivity index (χ3n) is 3.07. The van der Waals surface area contributed by atoms with Crippen molar-refractivity contribution in [2.24, 2.45) is 5.41 Å². The molecule has 0 saturated heterocycles. The van der Waals surface area contributed by atoms with E-state index in [1.54, 1.807) is 0 Å². The van der Waals surface area contributed by atoms with Crippen LogP contribution >= 0.6 is 0 Å². The normalized spacial score (nSPS) is 21.1. The van der Waals surface area contributed by atoms with E-state index in [9.17, 15) is 0 Å². The van der Waals surface area contributed by atoms with Crippen molar-refractivity contribution in [3.05, 3.63) is 0 Å². The van der Waals surface area contributed by atoms with E-state index < -0.39 is 0 Å². The fraction of sp³-hybridized carbons (Fsp3) is 0.818. The molecule has 0 aromatic rings. The molecule has 2 nitrogen and oxygen atoms in total. The lowest BCUT2D eigenvalue weighted by Crippen LogP contribution is -2.18. The van der Waals surface area contributed by atoms with Crippen molar-refractivity contribution in [2.75, 3.05) is 0 Å². The van der Waals surface area contributed by atoms with E-state index >= 15 is 0 Å². The summed E-state index contributed by atoms with van der Waals surface area (Å²) in [6, 6.07) is 4.48. The largest absolute Gasteiger partial charge is 0.198 e. The van der Waals surface area contributed by atoms with Crippen LogP contribution in [-0.4, -0.2) is 0 Å². The highest BCUT2D eigenvalue weighted by atomic mass is 14.4. The summed E-state index contributed by atoms with van der Waals surface area (Å²) in [6.45, 7) is 0. The number of rotatable bonds is 2. The summed E-state index contributed by atoms with van der Waals surface area (Å²) in [7, 11) is 0. The van der Waals surface area contributed by atoms with Crippen molar-refractivity contribution in [3.63, 3.8) is 0 Å². The Balaban J connectivity index is 2.63.